The molecule has 2 nitrogen and oxygen atoms in total. The van der Waals surface area contributed by atoms with Crippen molar-refractivity contribution in [3.8, 4) is 0 Å². The number of aryl methyl sites for hydroxylation is 1. The van der Waals surface area contributed by atoms with E-state index in [2.05, 4.69) is 24.1 Å². The zero-order chi connectivity index (χ0) is 9.97. The first-order valence-corrected chi connectivity index (χ1v) is 6.09. The van der Waals surface area contributed by atoms with Crippen LogP contribution in [-0.4, -0.2) is 22.0 Å². The zero-order valence-electron chi connectivity index (χ0n) is 8.66. The molecule has 1 aliphatic heterocycles. The Morgan fingerprint density at radius 3 is 3.07 bits per heavy atom. The van der Waals surface area contributed by atoms with E-state index in [1.807, 2.05) is 30.2 Å². The van der Waals surface area contributed by atoms with Crippen LogP contribution in [0.3, 0.4) is 0 Å². The quantitative estimate of drug-likeness (QED) is 0.809. The molecule has 2 unspecified atom stereocenters. The van der Waals surface area contributed by atoms with Gasteiger partial charge < -0.3 is 5.32 Å². The molecule has 0 amide bonds. The Morgan fingerprint density at radius 1 is 1.57 bits per heavy atom. The van der Waals surface area contributed by atoms with Crippen LogP contribution in [0.5, 0.6) is 0 Å². The monoisotopic (exact) mass is 208 g/mol. The second-order valence-corrected chi connectivity index (χ2v) is 5.38. The van der Waals surface area contributed by atoms with Crippen molar-refractivity contribution in [1.82, 2.24) is 4.98 Å². The van der Waals surface area contributed by atoms with E-state index >= 15 is 0 Å². The van der Waals surface area contributed by atoms with Crippen LogP contribution in [0.2, 0.25) is 0 Å². The van der Waals surface area contributed by atoms with Crippen molar-refractivity contribution < 1.29 is 0 Å². The van der Waals surface area contributed by atoms with Crippen molar-refractivity contribution in [3.05, 3.63) is 24.0 Å². The number of anilines is 1. The number of nitrogens with one attached hydrogen (secondary N) is 1. The Morgan fingerprint density at radius 2 is 2.43 bits per heavy atom. The van der Waals surface area contributed by atoms with Crippen LogP contribution in [0.25, 0.3) is 0 Å². The van der Waals surface area contributed by atoms with Gasteiger partial charge in [-0.1, -0.05) is 6.92 Å². The smallest absolute Gasteiger partial charge is 0.0558 e. The highest BCUT2D eigenvalue weighted by molar-refractivity contribution is 8.00. The van der Waals surface area contributed by atoms with Crippen LogP contribution < -0.4 is 5.32 Å². The summed E-state index contributed by atoms with van der Waals surface area (Å²) >= 11 is 2.05. The lowest BCUT2D eigenvalue weighted by Gasteiger charge is -2.14. The van der Waals surface area contributed by atoms with Crippen molar-refractivity contribution in [1.29, 1.82) is 0 Å². The second-order valence-electron chi connectivity index (χ2n) is 3.91. The summed E-state index contributed by atoms with van der Waals surface area (Å²) < 4.78 is 0. The van der Waals surface area contributed by atoms with Crippen molar-refractivity contribution in [2.24, 2.45) is 0 Å². The van der Waals surface area contributed by atoms with Crippen molar-refractivity contribution >= 4 is 17.4 Å². The molecule has 0 saturated carbocycles. The maximum atomic E-state index is 4.14. The molecule has 3 heteroatoms. The Bertz CT molecular complexity index is 314. The van der Waals surface area contributed by atoms with E-state index in [1.165, 1.54) is 23.4 Å². The molecule has 14 heavy (non-hydrogen) atoms. The van der Waals surface area contributed by atoms with E-state index in [1.54, 1.807) is 0 Å². The summed E-state index contributed by atoms with van der Waals surface area (Å²) in [6.45, 7) is 4.41. The number of hydrogen-bond acceptors (Lipinski definition) is 3. The SMILES string of the molecule is Cc1ccncc1NC1CSC(C)C1. The first kappa shape index (κ1) is 9.84. The van der Waals surface area contributed by atoms with Crippen LogP contribution in [0.1, 0.15) is 18.9 Å². The summed E-state index contributed by atoms with van der Waals surface area (Å²) in [6, 6.07) is 2.67. The van der Waals surface area contributed by atoms with E-state index in [9.17, 15) is 0 Å². The molecule has 1 N–H and O–H groups in total. The van der Waals surface area contributed by atoms with E-state index in [-0.39, 0.29) is 0 Å². The Kier molecular flexibility index (Phi) is 2.96. The van der Waals surface area contributed by atoms with E-state index in [4.69, 9.17) is 0 Å². The number of nitrogens with zero attached hydrogens (tertiary/aromatic N) is 1. The predicted molar refractivity (Wildman–Crippen MR) is 62.9 cm³/mol. The lowest BCUT2D eigenvalue weighted by molar-refractivity contribution is 0.745. The molecule has 76 valence electrons. The highest BCUT2D eigenvalue weighted by Gasteiger charge is 2.21. The molecule has 1 aliphatic rings. The van der Waals surface area contributed by atoms with Gasteiger partial charge in [-0.2, -0.15) is 11.8 Å². The molecule has 1 fully saturated rings. The second kappa shape index (κ2) is 4.22. The maximum absolute atomic E-state index is 4.14. The van der Waals surface area contributed by atoms with Gasteiger partial charge in [0.2, 0.25) is 0 Å². The summed E-state index contributed by atoms with van der Waals surface area (Å²) in [7, 11) is 0. The normalized spacial score (nSPS) is 26.4. The average Bonchev–Trinajstić information content (AvgIpc) is 2.56. The fraction of sp³-hybridized carbons (Fsp3) is 0.545. The van der Waals surface area contributed by atoms with Crippen LogP contribution in [0.4, 0.5) is 5.69 Å². The van der Waals surface area contributed by atoms with Gasteiger partial charge in [-0.05, 0) is 25.0 Å². The minimum Gasteiger partial charge on any atom is -0.380 e. The third kappa shape index (κ3) is 2.21. The van der Waals surface area contributed by atoms with Crippen LogP contribution in [0, 0.1) is 6.92 Å². The number of aromatic nitrogens is 1. The molecule has 0 spiro atoms. The molecule has 0 aromatic carbocycles. The van der Waals surface area contributed by atoms with E-state index < -0.39 is 0 Å². The van der Waals surface area contributed by atoms with Gasteiger partial charge in [0.05, 0.1) is 11.9 Å². The molecular formula is C11H16N2S. The average molecular weight is 208 g/mol. The highest BCUT2D eigenvalue weighted by Crippen LogP contribution is 2.28. The van der Waals surface area contributed by atoms with Crippen LogP contribution >= 0.6 is 11.8 Å². The zero-order valence-corrected chi connectivity index (χ0v) is 9.47. The summed E-state index contributed by atoms with van der Waals surface area (Å²) in [4.78, 5) is 4.14. The highest BCUT2D eigenvalue weighted by atomic mass is 32.2. The van der Waals surface area contributed by atoms with Gasteiger partial charge in [-0.25, -0.2) is 0 Å². The molecule has 0 bridgehead atoms. The molecule has 1 aromatic rings. The fourth-order valence-electron chi connectivity index (χ4n) is 1.75. The minimum atomic E-state index is 0.623. The Balaban J connectivity index is 2.01. The van der Waals surface area contributed by atoms with Crippen molar-refractivity contribution in [2.75, 3.05) is 11.1 Å². The first-order chi connectivity index (χ1) is 6.75. The molecule has 2 heterocycles. The van der Waals surface area contributed by atoms with Crippen LogP contribution in [-0.2, 0) is 0 Å². The number of thioether (sulfide) groups is 1. The van der Waals surface area contributed by atoms with E-state index in [0.717, 1.165) is 5.25 Å². The molecular weight excluding hydrogens is 192 g/mol. The summed E-state index contributed by atoms with van der Waals surface area (Å²) in [5.74, 6) is 1.22. The van der Waals surface area contributed by atoms with Crippen LogP contribution in [0.15, 0.2) is 18.5 Å². The summed E-state index contributed by atoms with van der Waals surface area (Å²) in [5, 5.41) is 4.35. The number of pyridine rings is 1. The Labute approximate surface area is 89.5 Å². The van der Waals surface area contributed by atoms with Crippen molar-refractivity contribution in [2.45, 2.75) is 31.6 Å². The standard InChI is InChI=1S/C11H16N2S/c1-8-3-4-12-6-11(8)13-10-5-9(2)14-7-10/h3-4,6,9-10,13H,5,7H2,1-2H3. The van der Waals surface area contributed by atoms with Crippen molar-refractivity contribution in [3.63, 3.8) is 0 Å². The van der Waals surface area contributed by atoms with Gasteiger partial charge in [0, 0.05) is 23.2 Å². The van der Waals surface area contributed by atoms with Gasteiger partial charge in [-0.15, -0.1) is 0 Å². The lowest BCUT2D eigenvalue weighted by Crippen LogP contribution is -2.19. The first-order valence-electron chi connectivity index (χ1n) is 5.04. The van der Waals surface area contributed by atoms with Gasteiger partial charge in [0.1, 0.15) is 0 Å². The third-order valence-electron chi connectivity index (χ3n) is 2.60. The number of hydrogen-bond donors (Lipinski definition) is 1. The minimum absolute atomic E-state index is 0.623. The topological polar surface area (TPSA) is 24.9 Å². The lowest BCUT2D eigenvalue weighted by atomic mass is 10.1. The number of rotatable bonds is 2. The predicted octanol–water partition coefficient (Wildman–Crippen LogP) is 2.70. The molecule has 0 radical (unpaired) electrons. The molecule has 1 saturated heterocycles. The molecule has 2 rings (SSSR count). The van der Waals surface area contributed by atoms with Gasteiger partial charge in [0.25, 0.3) is 0 Å². The van der Waals surface area contributed by atoms with E-state index in [0.29, 0.717) is 6.04 Å². The summed E-state index contributed by atoms with van der Waals surface area (Å²) in [6.07, 6.45) is 5.02. The molecule has 0 aliphatic carbocycles. The maximum Gasteiger partial charge on any atom is 0.0558 e. The molecule has 2 atom stereocenters. The summed E-state index contributed by atoms with van der Waals surface area (Å²) in [5.41, 5.74) is 2.47. The fourth-order valence-corrected chi connectivity index (χ4v) is 2.90. The molecule has 1 aromatic heterocycles. The largest absolute Gasteiger partial charge is 0.380 e. The Hall–Kier alpha value is -0.700. The van der Waals surface area contributed by atoms with Gasteiger partial charge >= 0.3 is 0 Å². The van der Waals surface area contributed by atoms with Gasteiger partial charge in [-0.3, -0.25) is 4.98 Å². The third-order valence-corrected chi connectivity index (χ3v) is 3.95. The van der Waals surface area contributed by atoms with Gasteiger partial charge in [0.15, 0.2) is 0 Å².